The van der Waals surface area contributed by atoms with Gasteiger partial charge >= 0.3 is 0 Å². The van der Waals surface area contributed by atoms with Gasteiger partial charge in [0.05, 0.1) is 31.0 Å². The third kappa shape index (κ3) is 4.93. The minimum absolute atomic E-state index is 0.226. The molecule has 0 saturated heterocycles. The normalized spacial score (nSPS) is 11.7. The number of carbonyl (C=O) groups excluding carboxylic acids is 1. The molecule has 0 fully saturated rings. The fourth-order valence-corrected chi connectivity index (χ4v) is 2.42. The fourth-order valence-electron chi connectivity index (χ4n) is 2.42. The van der Waals surface area contributed by atoms with Gasteiger partial charge in [-0.05, 0) is 51.1 Å². The van der Waals surface area contributed by atoms with E-state index >= 15 is 0 Å². The summed E-state index contributed by atoms with van der Waals surface area (Å²) in [5.74, 6) is 0.712. The van der Waals surface area contributed by atoms with E-state index in [0.29, 0.717) is 36.6 Å². The lowest BCUT2D eigenvalue weighted by Crippen LogP contribution is -2.28. The van der Waals surface area contributed by atoms with E-state index in [1.807, 2.05) is 32.0 Å². The van der Waals surface area contributed by atoms with Crippen molar-refractivity contribution in [2.45, 2.75) is 26.3 Å². The second kappa shape index (κ2) is 9.03. The molecular formula is C19H25N3O3. The molecule has 1 amide bonds. The molecule has 2 aromatic rings. The molecule has 6 nitrogen and oxygen atoms in total. The van der Waals surface area contributed by atoms with Gasteiger partial charge in [0, 0.05) is 5.69 Å². The Kier molecular flexibility index (Phi) is 6.77. The Morgan fingerprint density at radius 2 is 2.04 bits per heavy atom. The zero-order chi connectivity index (χ0) is 18.2. The number of methoxy groups -OCH3 is 1. The lowest BCUT2D eigenvalue weighted by atomic mass is 10.1. The van der Waals surface area contributed by atoms with Gasteiger partial charge in [0.15, 0.2) is 11.5 Å². The monoisotopic (exact) mass is 343 g/mol. The summed E-state index contributed by atoms with van der Waals surface area (Å²) in [6.07, 6.45) is 0.697. The van der Waals surface area contributed by atoms with Crippen molar-refractivity contribution in [3.63, 3.8) is 0 Å². The Morgan fingerprint density at radius 1 is 1.28 bits per heavy atom. The number of hydrogen-bond donors (Lipinski definition) is 2. The summed E-state index contributed by atoms with van der Waals surface area (Å²) in [6, 6.07) is 10.7. The van der Waals surface area contributed by atoms with Crippen LogP contribution in [0.1, 0.15) is 41.1 Å². The molecule has 0 saturated carbocycles. The van der Waals surface area contributed by atoms with Crippen molar-refractivity contribution in [3.05, 3.63) is 53.3 Å². The summed E-state index contributed by atoms with van der Waals surface area (Å²) >= 11 is 0. The highest BCUT2D eigenvalue weighted by Gasteiger charge is 2.19. The summed E-state index contributed by atoms with van der Waals surface area (Å²) in [6.45, 7) is 4.76. The number of nitrogens with zero attached hydrogens (tertiary/aromatic N) is 1. The van der Waals surface area contributed by atoms with Crippen LogP contribution in [0.15, 0.2) is 36.4 Å². The maximum atomic E-state index is 12.7. The SMILES string of the molecule is COc1cccc(C(=O)N[C@H](C)c2cccc(C)n2)c1OCCCN. The fraction of sp³-hybridized carbons (Fsp3) is 0.368. The molecule has 134 valence electrons. The molecule has 0 aliphatic heterocycles. The van der Waals surface area contributed by atoms with Crippen molar-refractivity contribution in [1.82, 2.24) is 10.3 Å². The molecule has 0 radical (unpaired) electrons. The minimum atomic E-state index is -0.238. The second-order valence-corrected chi connectivity index (χ2v) is 5.73. The summed E-state index contributed by atoms with van der Waals surface area (Å²) in [7, 11) is 1.55. The number of hydrogen-bond acceptors (Lipinski definition) is 5. The second-order valence-electron chi connectivity index (χ2n) is 5.73. The molecule has 0 aliphatic rings. The maximum absolute atomic E-state index is 12.7. The number of nitrogens with two attached hydrogens (primary N) is 1. The van der Waals surface area contributed by atoms with Crippen LogP contribution >= 0.6 is 0 Å². The zero-order valence-electron chi connectivity index (χ0n) is 14.9. The smallest absolute Gasteiger partial charge is 0.255 e. The summed E-state index contributed by atoms with van der Waals surface area (Å²) in [5.41, 5.74) is 7.65. The van der Waals surface area contributed by atoms with E-state index in [9.17, 15) is 4.79 Å². The van der Waals surface area contributed by atoms with Gasteiger partial charge in [0.1, 0.15) is 0 Å². The lowest BCUT2D eigenvalue weighted by Gasteiger charge is -2.17. The van der Waals surface area contributed by atoms with Crippen LogP contribution < -0.4 is 20.5 Å². The first-order chi connectivity index (χ1) is 12.1. The number of para-hydroxylation sites is 1. The highest BCUT2D eigenvalue weighted by Crippen LogP contribution is 2.31. The topological polar surface area (TPSA) is 86.5 Å². The molecule has 0 aliphatic carbocycles. The van der Waals surface area contributed by atoms with E-state index in [0.717, 1.165) is 11.4 Å². The number of ether oxygens (including phenoxy) is 2. The van der Waals surface area contributed by atoms with Crippen molar-refractivity contribution >= 4 is 5.91 Å². The van der Waals surface area contributed by atoms with E-state index in [4.69, 9.17) is 15.2 Å². The summed E-state index contributed by atoms with van der Waals surface area (Å²) < 4.78 is 11.1. The average molecular weight is 343 g/mol. The van der Waals surface area contributed by atoms with Gasteiger partial charge < -0.3 is 20.5 Å². The van der Waals surface area contributed by atoms with Crippen LogP contribution in [0.25, 0.3) is 0 Å². The number of amides is 1. The Morgan fingerprint density at radius 3 is 2.72 bits per heavy atom. The largest absolute Gasteiger partial charge is 0.493 e. The van der Waals surface area contributed by atoms with Gasteiger partial charge in [0.2, 0.25) is 0 Å². The van der Waals surface area contributed by atoms with Crippen molar-refractivity contribution in [3.8, 4) is 11.5 Å². The molecule has 2 rings (SSSR count). The Balaban J connectivity index is 2.20. The van der Waals surface area contributed by atoms with Crippen LogP contribution in [0.4, 0.5) is 0 Å². The Bertz CT molecular complexity index is 719. The van der Waals surface area contributed by atoms with E-state index in [1.165, 1.54) is 0 Å². The Labute approximate surface area is 148 Å². The van der Waals surface area contributed by atoms with Gasteiger partial charge in [-0.3, -0.25) is 9.78 Å². The number of pyridine rings is 1. The number of aromatic nitrogens is 1. The molecule has 25 heavy (non-hydrogen) atoms. The van der Waals surface area contributed by atoms with E-state index < -0.39 is 0 Å². The predicted molar refractivity (Wildman–Crippen MR) is 97.0 cm³/mol. The molecule has 6 heteroatoms. The number of aryl methyl sites for hydroxylation is 1. The summed E-state index contributed by atoms with van der Waals surface area (Å²) in [4.78, 5) is 17.2. The van der Waals surface area contributed by atoms with Crippen molar-refractivity contribution < 1.29 is 14.3 Å². The Hall–Kier alpha value is -2.60. The molecule has 0 unspecified atom stereocenters. The molecule has 1 aromatic heterocycles. The number of carbonyl (C=O) groups is 1. The van der Waals surface area contributed by atoms with Crippen LogP contribution in [-0.2, 0) is 0 Å². The first-order valence-electron chi connectivity index (χ1n) is 8.31. The zero-order valence-corrected chi connectivity index (χ0v) is 14.9. The lowest BCUT2D eigenvalue weighted by molar-refractivity contribution is 0.0934. The van der Waals surface area contributed by atoms with E-state index in [2.05, 4.69) is 10.3 Å². The standard InChI is InChI=1S/C19H25N3O3/c1-13-7-4-9-16(21-13)14(2)22-19(23)15-8-5-10-17(24-3)18(15)25-12-6-11-20/h4-5,7-10,14H,6,11-12,20H2,1-3H3,(H,22,23)/t14-/m1/s1. The van der Waals surface area contributed by atoms with Gasteiger partial charge in [0.25, 0.3) is 5.91 Å². The van der Waals surface area contributed by atoms with Crippen LogP contribution in [-0.4, -0.2) is 31.2 Å². The molecular weight excluding hydrogens is 318 g/mol. The average Bonchev–Trinajstić information content (AvgIpc) is 2.61. The van der Waals surface area contributed by atoms with E-state index in [1.54, 1.807) is 25.3 Å². The highest BCUT2D eigenvalue weighted by molar-refractivity contribution is 5.98. The van der Waals surface area contributed by atoms with Crippen LogP contribution in [0.3, 0.4) is 0 Å². The third-order valence-electron chi connectivity index (χ3n) is 3.74. The van der Waals surface area contributed by atoms with Gasteiger partial charge in [-0.2, -0.15) is 0 Å². The van der Waals surface area contributed by atoms with Gasteiger partial charge in [-0.25, -0.2) is 0 Å². The maximum Gasteiger partial charge on any atom is 0.255 e. The molecule has 1 atom stereocenters. The number of nitrogens with one attached hydrogen (secondary N) is 1. The van der Waals surface area contributed by atoms with Crippen molar-refractivity contribution in [1.29, 1.82) is 0 Å². The van der Waals surface area contributed by atoms with Crippen molar-refractivity contribution in [2.24, 2.45) is 5.73 Å². The highest BCUT2D eigenvalue weighted by atomic mass is 16.5. The van der Waals surface area contributed by atoms with Crippen LogP contribution in [0.2, 0.25) is 0 Å². The quantitative estimate of drug-likeness (QED) is 0.720. The minimum Gasteiger partial charge on any atom is -0.493 e. The van der Waals surface area contributed by atoms with Crippen LogP contribution in [0, 0.1) is 6.92 Å². The number of rotatable bonds is 8. The molecule has 3 N–H and O–H groups in total. The molecule has 1 heterocycles. The third-order valence-corrected chi connectivity index (χ3v) is 3.74. The van der Waals surface area contributed by atoms with E-state index in [-0.39, 0.29) is 11.9 Å². The van der Waals surface area contributed by atoms with Crippen LogP contribution in [0.5, 0.6) is 11.5 Å². The molecule has 0 spiro atoms. The van der Waals surface area contributed by atoms with Crippen molar-refractivity contribution in [2.75, 3.05) is 20.3 Å². The number of benzene rings is 1. The summed E-state index contributed by atoms with van der Waals surface area (Å²) in [5, 5.41) is 2.96. The molecule has 0 bridgehead atoms. The van der Waals surface area contributed by atoms with Gasteiger partial charge in [-0.15, -0.1) is 0 Å². The first-order valence-corrected chi connectivity index (χ1v) is 8.31. The predicted octanol–water partition coefficient (Wildman–Crippen LogP) is 2.62. The first kappa shape index (κ1) is 18.7. The molecule has 1 aromatic carbocycles. The van der Waals surface area contributed by atoms with Gasteiger partial charge in [-0.1, -0.05) is 12.1 Å².